The number of carbonyl (C=O) groups excluding carboxylic acids is 1. The van der Waals surface area contributed by atoms with Gasteiger partial charge in [-0.15, -0.1) is 0 Å². The third-order valence-electron chi connectivity index (χ3n) is 5.13. The number of hydrogen-bond donors (Lipinski definition) is 1. The highest BCUT2D eigenvalue weighted by Crippen LogP contribution is 2.26. The van der Waals surface area contributed by atoms with Crippen molar-refractivity contribution in [3.63, 3.8) is 0 Å². The molecule has 0 aliphatic heterocycles. The molecule has 0 aliphatic carbocycles. The van der Waals surface area contributed by atoms with Crippen LogP contribution in [0, 0.1) is 0 Å². The van der Waals surface area contributed by atoms with Crippen molar-refractivity contribution in [3.8, 4) is 5.75 Å². The number of nitrogens with one attached hydrogen (secondary N) is 1. The number of benzene rings is 3. The zero-order valence-corrected chi connectivity index (χ0v) is 21.5. The maximum atomic E-state index is 13.4. The molecule has 0 unspecified atom stereocenters. The molecule has 1 atom stereocenters. The number of methoxy groups -OCH3 is 1. The number of hydrogen-bond acceptors (Lipinski definition) is 4. The van der Waals surface area contributed by atoms with Crippen molar-refractivity contribution < 1.29 is 17.9 Å². The van der Waals surface area contributed by atoms with E-state index in [1.807, 2.05) is 19.1 Å². The normalized spacial score (nSPS) is 12.4. The fraction of sp³-hybridized carbons (Fsp3) is 0.208. The largest absolute Gasteiger partial charge is 0.497 e. The Kier molecular flexibility index (Phi) is 8.84. The molecule has 0 heterocycles. The van der Waals surface area contributed by atoms with E-state index >= 15 is 0 Å². The van der Waals surface area contributed by atoms with Crippen LogP contribution in [0.5, 0.6) is 5.75 Å². The summed E-state index contributed by atoms with van der Waals surface area (Å²) in [5.41, 5.74) is 1.36. The van der Waals surface area contributed by atoms with Gasteiger partial charge < -0.3 is 10.1 Å². The van der Waals surface area contributed by atoms with Crippen LogP contribution in [0.25, 0.3) is 0 Å². The standard InChI is InChI=1S/C24H23Cl3N2O4S/c1-16(17-4-9-21(33-2)10-5-17)28-24(30)15-29(14-18-3-6-20(26)13-23(18)27)34(31,32)22-11-7-19(25)8-12-22/h3-13,16H,14-15H2,1-2H3,(H,28,30)/t16-/m1/s1. The van der Waals surface area contributed by atoms with Gasteiger partial charge in [-0.1, -0.05) is 53.0 Å². The van der Waals surface area contributed by atoms with Crippen LogP contribution in [0.2, 0.25) is 15.1 Å². The Morgan fingerprint density at radius 2 is 1.59 bits per heavy atom. The molecule has 0 fully saturated rings. The second-order valence-electron chi connectivity index (χ2n) is 7.53. The summed E-state index contributed by atoms with van der Waals surface area (Å²) < 4.78 is 33.0. The predicted octanol–water partition coefficient (Wildman–Crippen LogP) is 5.72. The van der Waals surface area contributed by atoms with Crippen molar-refractivity contribution in [1.82, 2.24) is 9.62 Å². The van der Waals surface area contributed by atoms with E-state index in [-0.39, 0.29) is 17.5 Å². The Labute approximate surface area is 214 Å². The minimum atomic E-state index is -4.04. The van der Waals surface area contributed by atoms with Gasteiger partial charge in [0.25, 0.3) is 0 Å². The summed E-state index contributed by atoms with van der Waals surface area (Å²) in [6, 6.07) is 17.4. The summed E-state index contributed by atoms with van der Waals surface area (Å²) in [5.74, 6) is 0.230. The summed E-state index contributed by atoms with van der Waals surface area (Å²) >= 11 is 18.2. The number of carbonyl (C=O) groups is 1. The van der Waals surface area contributed by atoms with E-state index in [0.29, 0.717) is 26.4 Å². The number of nitrogens with zero attached hydrogens (tertiary/aromatic N) is 1. The fourth-order valence-electron chi connectivity index (χ4n) is 3.24. The Balaban J connectivity index is 1.84. The van der Waals surface area contributed by atoms with Crippen molar-refractivity contribution in [3.05, 3.63) is 92.9 Å². The zero-order chi connectivity index (χ0) is 24.9. The number of amides is 1. The molecule has 0 saturated carbocycles. The van der Waals surface area contributed by atoms with Gasteiger partial charge in [0.15, 0.2) is 0 Å². The maximum absolute atomic E-state index is 13.4. The summed E-state index contributed by atoms with van der Waals surface area (Å²) in [6.45, 7) is 1.28. The third kappa shape index (κ3) is 6.64. The van der Waals surface area contributed by atoms with Gasteiger partial charge in [0.2, 0.25) is 15.9 Å². The number of halogens is 3. The topological polar surface area (TPSA) is 75.7 Å². The van der Waals surface area contributed by atoms with Crippen LogP contribution in [0.3, 0.4) is 0 Å². The van der Waals surface area contributed by atoms with Gasteiger partial charge in [-0.2, -0.15) is 4.31 Å². The molecule has 0 saturated heterocycles. The average molecular weight is 542 g/mol. The van der Waals surface area contributed by atoms with Gasteiger partial charge in [0.1, 0.15) is 5.75 Å². The summed E-state index contributed by atoms with van der Waals surface area (Å²) in [6.07, 6.45) is 0. The molecule has 0 spiro atoms. The Hall–Kier alpha value is -2.29. The number of sulfonamides is 1. The van der Waals surface area contributed by atoms with Crippen molar-refractivity contribution >= 4 is 50.7 Å². The molecule has 3 aromatic rings. The molecule has 6 nitrogen and oxygen atoms in total. The van der Waals surface area contributed by atoms with E-state index in [2.05, 4.69) is 5.32 Å². The first-order valence-corrected chi connectivity index (χ1v) is 12.8. The molecule has 34 heavy (non-hydrogen) atoms. The van der Waals surface area contributed by atoms with Crippen LogP contribution < -0.4 is 10.1 Å². The van der Waals surface area contributed by atoms with Crippen LogP contribution in [-0.4, -0.2) is 32.3 Å². The summed E-state index contributed by atoms with van der Waals surface area (Å²) in [4.78, 5) is 12.9. The highest BCUT2D eigenvalue weighted by molar-refractivity contribution is 7.89. The molecule has 1 N–H and O–H groups in total. The van der Waals surface area contributed by atoms with Gasteiger partial charge >= 0.3 is 0 Å². The highest BCUT2D eigenvalue weighted by Gasteiger charge is 2.28. The molecule has 10 heteroatoms. The maximum Gasteiger partial charge on any atom is 0.243 e. The molecule has 0 aromatic heterocycles. The van der Waals surface area contributed by atoms with Crippen molar-refractivity contribution in [1.29, 1.82) is 0 Å². The Morgan fingerprint density at radius 1 is 0.971 bits per heavy atom. The number of ether oxygens (including phenoxy) is 1. The van der Waals surface area contributed by atoms with E-state index in [1.54, 1.807) is 31.4 Å². The average Bonchev–Trinajstić information content (AvgIpc) is 2.80. The fourth-order valence-corrected chi connectivity index (χ4v) is 5.21. The lowest BCUT2D eigenvalue weighted by molar-refractivity contribution is -0.122. The zero-order valence-electron chi connectivity index (χ0n) is 18.5. The van der Waals surface area contributed by atoms with E-state index in [0.717, 1.165) is 9.87 Å². The molecule has 0 bridgehead atoms. The van der Waals surface area contributed by atoms with E-state index < -0.39 is 22.5 Å². The summed E-state index contributed by atoms with van der Waals surface area (Å²) in [5, 5.41) is 3.97. The second kappa shape index (κ2) is 11.4. The lowest BCUT2D eigenvalue weighted by atomic mass is 10.1. The van der Waals surface area contributed by atoms with Crippen LogP contribution >= 0.6 is 34.8 Å². The predicted molar refractivity (Wildman–Crippen MR) is 135 cm³/mol. The van der Waals surface area contributed by atoms with Gasteiger partial charge in [0.05, 0.1) is 24.6 Å². The highest BCUT2D eigenvalue weighted by atomic mass is 35.5. The van der Waals surface area contributed by atoms with Crippen LogP contribution in [0.4, 0.5) is 0 Å². The van der Waals surface area contributed by atoms with Crippen LogP contribution in [0.15, 0.2) is 71.6 Å². The van der Waals surface area contributed by atoms with E-state index in [4.69, 9.17) is 39.5 Å². The first-order valence-electron chi connectivity index (χ1n) is 10.2. The molecule has 1 amide bonds. The quantitative estimate of drug-likeness (QED) is 0.376. The second-order valence-corrected chi connectivity index (χ2v) is 10.7. The van der Waals surface area contributed by atoms with Crippen LogP contribution in [-0.2, 0) is 21.4 Å². The SMILES string of the molecule is COc1ccc([C@@H](C)NC(=O)CN(Cc2ccc(Cl)cc2Cl)S(=O)(=O)c2ccc(Cl)cc2)cc1. The molecular weight excluding hydrogens is 519 g/mol. The van der Waals surface area contributed by atoms with Crippen molar-refractivity contribution in [2.45, 2.75) is 24.4 Å². The van der Waals surface area contributed by atoms with Crippen LogP contribution in [0.1, 0.15) is 24.1 Å². The lowest BCUT2D eigenvalue weighted by Gasteiger charge is -2.24. The molecular formula is C24H23Cl3N2O4S. The van der Waals surface area contributed by atoms with E-state index in [1.165, 1.54) is 30.3 Å². The lowest BCUT2D eigenvalue weighted by Crippen LogP contribution is -2.41. The smallest absolute Gasteiger partial charge is 0.243 e. The molecule has 180 valence electrons. The Bertz CT molecular complexity index is 1250. The van der Waals surface area contributed by atoms with Crippen molar-refractivity contribution in [2.75, 3.05) is 13.7 Å². The minimum Gasteiger partial charge on any atom is -0.497 e. The van der Waals surface area contributed by atoms with E-state index in [9.17, 15) is 13.2 Å². The van der Waals surface area contributed by atoms with Gasteiger partial charge in [-0.3, -0.25) is 4.79 Å². The Morgan fingerprint density at radius 3 is 2.18 bits per heavy atom. The molecule has 0 aliphatic rings. The first-order chi connectivity index (χ1) is 16.1. The van der Waals surface area contributed by atoms with Gasteiger partial charge in [0, 0.05) is 21.6 Å². The van der Waals surface area contributed by atoms with Gasteiger partial charge in [-0.05, 0) is 66.6 Å². The monoisotopic (exact) mass is 540 g/mol. The molecule has 3 rings (SSSR count). The minimum absolute atomic E-state index is 0.0120. The number of rotatable bonds is 9. The first kappa shape index (κ1) is 26.3. The van der Waals surface area contributed by atoms with Crippen molar-refractivity contribution in [2.24, 2.45) is 0 Å². The van der Waals surface area contributed by atoms with Gasteiger partial charge in [-0.25, -0.2) is 8.42 Å². The third-order valence-corrected chi connectivity index (χ3v) is 7.77. The molecule has 0 radical (unpaired) electrons. The summed E-state index contributed by atoms with van der Waals surface area (Å²) in [7, 11) is -2.47. The molecule has 3 aromatic carbocycles.